The number of nitrogens with zero attached hydrogens (tertiary/aromatic N) is 3. The molecule has 1 aromatic carbocycles. The van der Waals surface area contributed by atoms with Gasteiger partial charge in [0.25, 0.3) is 17.4 Å². The average Bonchev–Trinajstić information content (AvgIpc) is 3.81. The molecule has 67 heavy (non-hydrogen) atoms. The van der Waals surface area contributed by atoms with Crippen LogP contribution in [-0.4, -0.2) is 98.4 Å². The molecule has 0 bridgehead atoms. The Bertz CT molecular complexity index is 2650. The normalized spacial score (nSPS) is 18.3. The summed E-state index contributed by atoms with van der Waals surface area (Å²) in [7, 11) is 0. The maximum absolute atomic E-state index is 13.8. The molecule has 358 valence electrons. The fourth-order valence-electron chi connectivity index (χ4n) is 9.14. The molecule has 2 aromatic heterocycles. The molecule has 0 unspecified atom stereocenters. The average molecular weight is 924 g/mol. The molecule has 0 saturated heterocycles. The minimum absolute atomic E-state index is 0.000800. The van der Waals surface area contributed by atoms with Crippen LogP contribution in [0.15, 0.2) is 35.1 Å². The SMILES string of the molecule is CC[C@@]1(O)C(=O)OCc2c1cc1n(c2=O)Cc2c-1nc1ccc(NC(=O)[C@H](C)NC(=O)[C@@H](NC(=O)C(C)(C)CCOC(C)(C)CCNC(=O)CCN3C(=O)C=CC3=O)C(C)C)c3c1c2CCC3. The Morgan fingerprint density at radius 2 is 1.63 bits per heavy atom. The molecule has 5 N–H and O–H groups in total. The first-order valence-electron chi connectivity index (χ1n) is 23.1. The van der Waals surface area contributed by atoms with E-state index in [0.29, 0.717) is 48.4 Å². The lowest BCUT2D eigenvalue weighted by Crippen LogP contribution is -2.55. The van der Waals surface area contributed by atoms with Gasteiger partial charge in [-0.2, -0.15) is 0 Å². The number of aliphatic hydroxyl groups is 1. The smallest absolute Gasteiger partial charge is 0.343 e. The number of carbonyl (C=O) groups is 7. The van der Waals surface area contributed by atoms with E-state index in [-0.39, 0.29) is 73.6 Å². The first-order chi connectivity index (χ1) is 31.6. The first-order valence-corrected chi connectivity index (χ1v) is 23.1. The lowest BCUT2D eigenvalue weighted by Gasteiger charge is -2.31. The van der Waals surface area contributed by atoms with E-state index >= 15 is 0 Å². The number of hydrogen-bond donors (Lipinski definition) is 5. The number of hydrogen-bond acceptors (Lipinski definition) is 12. The Labute approximate surface area is 388 Å². The number of esters is 1. The summed E-state index contributed by atoms with van der Waals surface area (Å²) in [6, 6.07) is 3.39. The predicted octanol–water partition coefficient (Wildman–Crippen LogP) is 3.19. The summed E-state index contributed by atoms with van der Waals surface area (Å²) in [4.78, 5) is 109. The van der Waals surface area contributed by atoms with E-state index in [1.165, 1.54) is 12.2 Å². The van der Waals surface area contributed by atoms with E-state index in [9.17, 15) is 43.5 Å². The number of benzene rings is 1. The number of fused-ring (bicyclic) bond motifs is 5. The third-order valence-corrected chi connectivity index (χ3v) is 13.5. The molecule has 18 nitrogen and oxygen atoms in total. The van der Waals surface area contributed by atoms with Crippen LogP contribution in [0.1, 0.15) is 115 Å². The lowest BCUT2D eigenvalue weighted by atomic mass is 9.85. The van der Waals surface area contributed by atoms with Crippen LogP contribution in [0.2, 0.25) is 0 Å². The maximum Gasteiger partial charge on any atom is 0.343 e. The van der Waals surface area contributed by atoms with Gasteiger partial charge in [0.05, 0.1) is 34.6 Å². The molecule has 7 rings (SSSR count). The molecule has 1 aliphatic carbocycles. The van der Waals surface area contributed by atoms with Gasteiger partial charge in [0.2, 0.25) is 23.6 Å². The van der Waals surface area contributed by atoms with Gasteiger partial charge >= 0.3 is 5.97 Å². The van der Waals surface area contributed by atoms with Gasteiger partial charge in [-0.25, -0.2) is 9.78 Å². The summed E-state index contributed by atoms with van der Waals surface area (Å²) >= 11 is 0. The number of cyclic esters (lactones) is 1. The summed E-state index contributed by atoms with van der Waals surface area (Å²) in [6.07, 6.45) is 5.34. The van der Waals surface area contributed by atoms with E-state index < -0.39 is 58.3 Å². The van der Waals surface area contributed by atoms with Gasteiger partial charge in [-0.1, -0.05) is 34.6 Å². The van der Waals surface area contributed by atoms with Crippen LogP contribution in [0, 0.1) is 11.3 Å². The van der Waals surface area contributed by atoms with E-state index in [1.54, 1.807) is 58.2 Å². The molecular formula is C49H61N7O11. The van der Waals surface area contributed by atoms with Crippen LogP contribution < -0.4 is 26.8 Å². The third kappa shape index (κ3) is 9.64. The Hall–Kier alpha value is -6.27. The molecule has 0 fully saturated rings. The summed E-state index contributed by atoms with van der Waals surface area (Å²) in [5.74, 6) is -3.59. The Morgan fingerprint density at radius 3 is 2.31 bits per heavy atom. The molecule has 3 atom stereocenters. The number of ether oxygens (including phenoxy) is 2. The molecule has 5 heterocycles. The maximum atomic E-state index is 13.8. The van der Waals surface area contributed by atoms with Crippen LogP contribution in [0.25, 0.3) is 22.3 Å². The van der Waals surface area contributed by atoms with E-state index in [2.05, 4.69) is 21.3 Å². The zero-order valence-corrected chi connectivity index (χ0v) is 39.5. The molecule has 4 aliphatic rings. The molecule has 6 amide bonds. The van der Waals surface area contributed by atoms with Crippen molar-refractivity contribution in [2.45, 2.75) is 137 Å². The van der Waals surface area contributed by atoms with Gasteiger partial charge in [0.1, 0.15) is 18.7 Å². The molecule has 3 aromatic rings. The van der Waals surface area contributed by atoms with Gasteiger partial charge in [-0.05, 0) is 94.5 Å². The van der Waals surface area contributed by atoms with Crippen LogP contribution in [0.5, 0.6) is 0 Å². The molecule has 0 saturated carbocycles. The van der Waals surface area contributed by atoms with E-state index in [1.807, 2.05) is 19.9 Å². The van der Waals surface area contributed by atoms with Crippen molar-refractivity contribution >= 4 is 58.0 Å². The third-order valence-electron chi connectivity index (χ3n) is 13.5. The summed E-state index contributed by atoms with van der Waals surface area (Å²) in [6.45, 7) is 14.7. The van der Waals surface area contributed by atoms with Crippen molar-refractivity contribution in [1.82, 2.24) is 30.4 Å². The number of anilines is 1. The Kier molecular flexibility index (Phi) is 13.6. The fraction of sp³-hybridized carbons (Fsp3) is 0.531. The molecule has 18 heteroatoms. The van der Waals surface area contributed by atoms with Crippen molar-refractivity contribution in [3.8, 4) is 11.4 Å². The standard InChI is InChI=1S/C49H61N7O11/c1-9-49(65)32-23-35-41-30(24-56(35)44(62)31(32)25-66-46(49)64)28-11-10-12-29-33(13-14-34(52-41)39(28)29)53-42(60)27(4)51-43(61)40(26(2)3)54-45(63)47(5,6)19-22-67-48(7,8)18-20-50-36(57)17-21-55-37(58)15-16-38(55)59/h13-16,23,26-27,40,65H,9-12,17-22,24-25H2,1-8H3,(H,50,57)(H,51,61)(H,53,60)(H,54,63)/t27-,40-,49-/m0/s1. The number of imide groups is 1. The highest BCUT2D eigenvalue weighted by Gasteiger charge is 2.46. The van der Waals surface area contributed by atoms with Crippen molar-refractivity contribution in [1.29, 1.82) is 0 Å². The highest BCUT2D eigenvalue weighted by atomic mass is 16.6. The zero-order valence-electron chi connectivity index (χ0n) is 39.5. The molecule has 3 aliphatic heterocycles. The summed E-state index contributed by atoms with van der Waals surface area (Å²) < 4.78 is 13.0. The summed E-state index contributed by atoms with van der Waals surface area (Å²) in [5.41, 5.74) is 1.89. The molecule has 0 radical (unpaired) electrons. The topological polar surface area (TPSA) is 244 Å². The monoisotopic (exact) mass is 923 g/mol. The predicted molar refractivity (Wildman–Crippen MR) is 246 cm³/mol. The van der Waals surface area contributed by atoms with Crippen molar-refractivity contribution in [3.05, 3.63) is 68.5 Å². The highest BCUT2D eigenvalue weighted by Crippen LogP contribution is 2.43. The second kappa shape index (κ2) is 18.8. The van der Waals surface area contributed by atoms with Crippen molar-refractivity contribution in [2.24, 2.45) is 11.3 Å². The van der Waals surface area contributed by atoms with Crippen molar-refractivity contribution in [2.75, 3.05) is 25.0 Å². The second-order valence-corrected chi connectivity index (χ2v) is 19.5. The number of carbonyl (C=O) groups excluding carboxylic acids is 7. The van der Waals surface area contributed by atoms with Crippen LogP contribution in [-0.2, 0) is 74.6 Å². The van der Waals surface area contributed by atoms with Gasteiger partial charge in [-0.3, -0.25) is 38.5 Å². The number of aryl methyl sites for hydroxylation is 2. The molecular weight excluding hydrogens is 863 g/mol. The van der Waals surface area contributed by atoms with Crippen LogP contribution in [0.3, 0.4) is 0 Å². The molecule has 0 spiro atoms. The minimum atomic E-state index is -1.93. The van der Waals surface area contributed by atoms with Crippen LogP contribution >= 0.6 is 0 Å². The zero-order chi connectivity index (χ0) is 48.7. The quantitative estimate of drug-likeness (QED) is 0.0714. The second-order valence-electron chi connectivity index (χ2n) is 19.5. The number of amides is 6. The van der Waals surface area contributed by atoms with E-state index in [0.717, 1.165) is 39.8 Å². The van der Waals surface area contributed by atoms with E-state index in [4.69, 9.17) is 14.5 Å². The van der Waals surface area contributed by atoms with Crippen LogP contribution in [0.4, 0.5) is 5.69 Å². The number of pyridine rings is 2. The van der Waals surface area contributed by atoms with Crippen molar-refractivity contribution in [3.63, 3.8) is 0 Å². The number of aromatic nitrogens is 2. The Balaban J connectivity index is 0.941. The first kappa shape index (κ1) is 48.7. The fourth-order valence-corrected chi connectivity index (χ4v) is 9.14. The van der Waals surface area contributed by atoms with Gasteiger partial charge < -0.3 is 40.4 Å². The minimum Gasteiger partial charge on any atom is -0.458 e. The Morgan fingerprint density at radius 1 is 0.925 bits per heavy atom. The van der Waals surface area contributed by atoms with Gasteiger partial charge in [0.15, 0.2) is 5.60 Å². The number of nitrogens with one attached hydrogen (secondary N) is 4. The van der Waals surface area contributed by atoms with Crippen molar-refractivity contribution < 1.29 is 48.1 Å². The highest BCUT2D eigenvalue weighted by molar-refractivity contribution is 6.13. The largest absolute Gasteiger partial charge is 0.458 e. The lowest BCUT2D eigenvalue weighted by molar-refractivity contribution is -0.172. The van der Waals surface area contributed by atoms with Gasteiger partial charge in [0, 0.05) is 65.9 Å². The van der Waals surface area contributed by atoms with Gasteiger partial charge in [-0.15, -0.1) is 0 Å². The summed E-state index contributed by atoms with van der Waals surface area (Å²) in [5, 5.41) is 23.7. The number of rotatable bonds is 18.